The van der Waals surface area contributed by atoms with E-state index in [0.29, 0.717) is 23.5 Å². The molecule has 2 aromatic carbocycles. The molecule has 2 rings (SSSR count). The zero-order chi connectivity index (χ0) is 20.0. The van der Waals surface area contributed by atoms with E-state index in [-0.39, 0.29) is 12.6 Å². The van der Waals surface area contributed by atoms with E-state index in [4.69, 9.17) is 4.74 Å². The molecule has 1 amide bonds. The van der Waals surface area contributed by atoms with Gasteiger partial charge in [0.05, 0.1) is 18.0 Å². The SMILES string of the molecule is CCc1ccccc1N(CC(=O)Nc1cccc(OC(C)C)c1)S(C)(=O)=O. The van der Waals surface area contributed by atoms with Crippen LogP contribution < -0.4 is 14.4 Å². The van der Waals surface area contributed by atoms with Gasteiger partial charge >= 0.3 is 0 Å². The first-order chi connectivity index (χ1) is 12.7. The summed E-state index contributed by atoms with van der Waals surface area (Å²) in [5, 5.41) is 2.74. The maximum Gasteiger partial charge on any atom is 0.245 e. The van der Waals surface area contributed by atoms with Crippen LogP contribution in [-0.4, -0.2) is 33.2 Å². The molecule has 0 saturated carbocycles. The molecule has 0 saturated heterocycles. The number of carbonyl (C=O) groups excluding carboxylic acids is 1. The molecule has 7 heteroatoms. The molecule has 0 unspecified atom stereocenters. The van der Waals surface area contributed by atoms with Crippen molar-refractivity contribution in [3.63, 3.8) is 0 Å². The van der Waals surface area contributed by atoms with Crippen molar-refractivity contribution < 1.29 is 17.9 Å². The first-order valence-electron chi connectivity index (χ1n) is 8.83. The lowest BCUT2D eigenvalue weighted by Crippen LogP contribution is -2.38. The van der Waals surface area contributed by atoms with E-state index >= 15 is 0 Å². The van der Waals surface area contributed by atoms with Gasteiger partial charge in [0, 0.05) is 11.8 Å². The zero-order valence-electron chi connectivity index (χ0n) is 16.1. The van der Waals surface area contributed by atoms with Crippen LogP contribution in [0.3, 0.4) is 0 Å². The highest BCUT2D eigenvalue weighted by molar-refractivity contribution is 7.92. The van der Waals surface area contributed by atoms with E-state index in [0.717, 1.165) is 16.1 Å². The van der Waals surface area contributed by atoms with Gasteiger partial charge in [-0.15, -0.1) is 0 Å². The predicted molar refractivity (Wildman–Crippen MR) is 109 cm³/mol. The van der Waals surface area contributed by atoms with Gasteiger partial charge in [0.1, 0.15) is 12.3 Å². The van der Waals surface area contributed by atoms with Crippen molar-refractivity contribution in [3.8, 4) is 5.75 Å². The van der Waals surface area contributed by atoms with Gasteiger partial charge in [-0.25, -0.2) is 8.42 Å². The van der Waals surface area contributed by atoms with Crippen LogP contribution in [0.25, 0.3) is 0 Å². The summed E-state index contributed by atoms with van der Waals surface area (Å²) in [4.78, 5) is 12.5. The Morgan fingerprint density at radius 3 is 2.48 bits per heavy atom. The van der Waals surface area contributed by atoms with Crippen molar-refractivity contribution >= 4 is 27.3 Å². The van der Waals surface area contributed by atoms with Crippen molar-refractivity contribution in [3.05, 3.63) is 54.1 Å². The summed E-state index contributed by atoms with van der Waals surface area (Å²) >= 11 is 0. The maximum atomic E-state index is 12.5. The van der Waals surface area contributed by atoms with Crippen LogP contribution in [0, 0.1) is 0 Å². The molecule has 1 N–H and O–H groups in total. The van der Waals surface area contributed by atoms with E-state index < -0.39 is 15.9 Å². The van der Waals surface area contributed by atoms with Crippen LogP contribution in [0.4, 0.5) is 11.4 Å². The average Bonchev–Trinajstić information content (AvgIpc) is 2.58. The number of hydrogen-bond donors (Lipinski definition) is 1. The molecule has 27 heavy (non-hydrogen) atoms. The van der Waals surface area contributed by atoms with Gasteiger partial charge < -0.3 is 10.1 Å². The van der Waals surface area contributed by atoms with E-state index in [9.17, 15) is 13.2 Å². The van der Waals surface area contributed by atoms with E-state index in [2.05, 4.69) is 5.32 Å². The standard InChI is InChI=1S/C20H26N2O4S/c1-5-16-9-6-7-12-19(16)22(27(4,24)25)14-20(23)21-17-10-8-11-18(13-17)26-15(2)3/h6-13,15H,5,14H2,1-4H3,(H,21,23). The van der Waals surface area contributed by atoms with Crippen molar-refractivity contribution in [2.45, 2.75) is 33.3 Å². The molecule has 0 radical (unpaired) electrons. The Kier molecular flexibility index (Phi) is 6.85. The molecule has 0 fully saturated rings. The van der Waals surface area contributed by atoms with Crippen LogP contribution in [0.2, 0.25) is 0 Å². The number of ether oxygens (including phenoxy) is 1. The van der Waals surface area contributed by atoms with E-state index in [1.807, 2.05) is 32.9 Å². The number of aryl methyl sites for hydroxylation is 1. The normalized spacial score (nSPS) is 11.3. The minimum Gasteiger partial charge on any atom is -0.491 e. The van der Waals surface area contributed by atoms with Crippen molar-refractivity contribution in [2.75, 3.05) is 22.4 Å². The quantitative estimate of drug-likeness (QED) is 0.749. The van der Waals surface area contributed by atoms with Gasteiger partial charge in [0.25, 0.3) is 0 Å². The summed E-state index contributed by atoms with van der Waals surface area (Å²) < 4.78 is 31.3. The number of nitrogens with zero attached hydrogens (tertiary/aromatic N) is 1. The molecule has 0 aliphatic carbocycles. The van der Waals surface area contributed by atoms with Gasteiger partial charge in [-0.1, -0.05) is 31.2 Å². The van der Waals surface area contributed by atoms with Crippen molar-refractivity contribution in [2.24, 2.45) is 0 Å². The lowest BCUT2D eigenvalue weighted by atomic mass is 10.1. The number of rotatable bonds is 8. The van der Waals surface area contributed by atoms with Crippen LogP contribution in [0.5, 0.6) is 5.75 Å². The molecule has 0 bridgehead atoms. The Hall–Kier alpha value is -2.54. The highest BCUT2D eigenvalue weighted by atomic mass is 32.2. The Labute approximate surface area is 161 Å². The summed E-state index contributed by atoms with van der Waals surface area (Å²) in [5.41, 5.74) is 1.94. The second kappa shape index (κ2) is 8.90. The molecule has 0 heterocycles. The molecule has 0 atom stereocenters. The molecule has 146 valence electrons. The third kappa shape index (κ3) is 5.99. The van der Waals surface area contributed by atoms with Crippen LogP contribution in [-0.2, 0) is 21.2 Å². The first-order valence-corrected chi connectivity index (χ1v) is 10.7. The molecule has 6 nitrogen and oxygen atoms in total. The Bertz CT molecular complexity index is 894. The number of para-hydroxylation sites is 1. The predicted octanol–water partition coefficient (Wildman–Crippen LogP) is 3.44. The zero-order valence-corrected chi connectivity index (χ0v) is 16.9. The molecule has 2 aromatic rings. The number of nitrogens with one attached hydrogen (secondary N) is 1. The van der Waals surface area contributed by atoms with Gasteiger partial charge in [-0.05, 0) is 44.0 Å². The Morgan fingerprint density at radius 2 is 1.85 bits per heavy atom. The summed E-state index contributed by atoms with van der Waals surface area (Å²) in [6.45, 7) is 5.48. The van der Waals surface area contributed by atoms with Crippen molar-refractivity contribution in [1.29, 1.82) is 0 Å². The highest BCUT2D eigenvalue weighted by Crippen LogP contribution is 2.24. The van der Waals surface area contributed by atoms with Gasteiger partial charge in [-0.2, -0.15) is 0 Å². The number of amides is 1. The van der Waals surface area contributed by atoms with E-state index in [1.54, 1.807) is 36.4 Å². The molecule has 0 aliphatic heterocycles. The van der Waals surface area contributed by atoms with Crippen LogP contribution in [0.15, 0.2) is 48.5 Å². The number of sulfonamides is 1. The Morgan fingerprint density at radius 1 is 1.15 bits per heavy atom. The third-order valence-corrected chi connectivity index (χ3v) is 4.94. The average molecular weight is 391 g/mol. The Balaban J connectivity index is 2.20. The number of carbonyl (C=O) groups is 1. The fraction of sp³-hybridized carbons (Fsp3) is 0.350. The van der Waals surface area contributed by atoms with Crippen LogP contribution in [0.1, 0.15) is 26.3 Å². The summed E-state index contributed by atoms with van der Waals surface area (Å²) in [5.74, 6) is 0.215. The highest BCUT2D eigenvalue weighted by Gasteiger charge is 2.22. The molecule has 0 aromatic heterocycles. The number of hydrogen-bond acceptors (Lipinski definition) is 4. The topological polar surface area (TPSA) is 75.7 Å². The first kappa shape index (κ1) is 20.8. The number of benzene rings is 2. The monoisotopic (exact) mass is 390 g/mol. The lowest BCUT2D eigenvalue weighted by molar-refractivity contribution is -0.114. The molecule has 0 spiro atoms. The van der Waals surface area contributed by atoms with Gasteiger partial charge in [0.15, 0.2) is 0 Å². The lowest BCUT2D eigenvalue weighted by Gasteiger charge is -2.24. The van der Waals surface area contributed by atoms with E-state index in [1.165, 1.54) is 0 Å². The summed E-state index contributed by atoms with van der Waals surface area (Å²) in [6.07, 6.45) is 1.78. The van der Waals surface area contributed by atoms with Gasteiger partial charge in [0.2, 0.25) is 15.9 Å². The second-order valence-corrected chi connectivity index (χ2v) is 8.40. The largest absolute Gasteiger partial charge is 0.491 e. The summed E-state index contributed by atoms with van der Waals surface area (Å²) in [6, 6.07) is 14.2. The smallest absolute Gasteiger partial charge is 0.245 e. The van der Waals surface area contributed by atoms with Crippen molar-refractivity contribution in [1.82, 2.24) is 0 Å². The third-order valence-electron chi connectivity index (χ3n) is 3.82. The molecular weight excluding hydrogens is 364 g/mol. The maximum absolute atomic E-state index is 12.5. The summed E-state index contributed by atoms with van der Waals surface area (Å²) in [7, 11) is -3.61. The minimum atomic E-state index is -3.61. The fourth-order valence-corrected chi connectivity index (χ4v) is 3.57. The molecule has 0 aliphatic rings. The fourth-order valence-electron chi connectivity index (χ4n) is 2.68. The van der Waals surface area contributed by atoms with Crippen LogP contribution >= 0.6 is 0 Å². The van der Waals surface area contributed by atoms with Gasteiger partial charge in [-0.3, -0.25) is 9.10 Å². The second-order valence-electron chi connectivity index (χ2n) is 6.49. The molecular formula is C20H26N2O4S. The minimum absolute atomic E-state index is 0.0159. The number of anilines is 2.